The van der Waals surface area contributed by atoms with Crippen LogP contribution >= 0.6 is 11.6 Å². The number of amides is 1. The Balaban J connectivity index is 1.25. The molecule has 1 N–H and O–H groups in total. The smallest absolute Gasteiger partial charge is 0.338 e. The molecule has 0 saturated carbocycles. The summed E-state index contributed by atoms with van der Waals surface area (Å²) >= 11 is 5.94. The zero-order chi connectivity index (χ0) is 21.1. The number of nitrogens with zero attached hydrogens (tertiary/aromatic N) is 2. The van der Waals surface area contributed by atoms with E-state index in [1.54, 1.807) is 18.2 Å². The van der Waals surface area contributed by atoms with Gasteiger partial charge >= 0.3 is 5.97 Å². The highest BCUT2D eigenvalue weighted by atomic mass is 35.5. The van der Waals surface area contributed by atoms with Crippen molar-refractivity contribution in [2.24, 2.45) is 5.92 Å². The molecule has 2 aliphatic rings. The highest BCUT2D eigenvalue weighted by Gasteiger charge is 2.25. The Kier molecular flexibility index (Phi) is 6.03. The number of esters is 1. The van der Waals surface area contributed by atoms with Crippen molar-refractivity contribution in [2.75, 3.05) is 25.0 Å². The number of ether oxygens (including phenoxy) is 1. The van der Waals surface area contributed by atoms with Gasteiger partial charge in [0.25, 0.3) is 0 Å². The molecule has 1 fully saturated rings. The molecule has 2 aromatic rings. The first-order valence-corrected chi connectivity index (χ1v) is 10.4. The predicted molar refractivity (Wildman–Crippen MR) is 113 cm³/mol. The molecule has 2 aliphatic heterocycles. The lowest BCUT2D eigenvalue weighted by molar-refractivity contribution is -0.121. The quantitative estimate of drug-likeness (QED) is 0.740. The number of hydrogen-bond acceptors (Lipinski definition) is 5. The molecule has 0 unspecified atom stereocenters. The second kappa shape index (κ2) is 8.86. The van der Waals surface area contributed by atoms with Gasteiger partial charge in [0.2, 0.25) is 5.91 Å². The van der Waals surface area contributed by atoms with Crippen LogP contribution in [-0.2, 0) is 22.6 Å². The zero-order valence-corrected chi connectivity index (χ0v) is 17.2. The highest BCUT2D eigenvalue weighted by Crippen LogP contribution is 2.24. The number of nitriles is 1. The van der Waals surface area contributed by atoms with Gasteiger partial charge in [-0.2, -0.15) is 5.26 Å². The summed E-state index contributed by atoms with van der Waals surface area (Å²) in [7, 11) is 0. The normalized spacial score (nSPS) is 16.6. The van der Waals surface area contributed by atoms with Gasteiger partial charge in [-0.05, 0) is 62.2 Å². The van der Waals surface area contributed by atoms with Crippen molar-refractivity contribution in [2.45, 2.75) is 25.9 Å². The lowest BCUT2D eigenvalue weighted by Crippen LogP contribution is -2.39. The van der Waals surface area contributed by atoms with E-state index in [0.717, 1.165) is 44.5 Å². The number of fused-ring (bicyclic) bond motifs is 1. The third-order valence-electron chi connectivity index (χ3n) is 5.78. The first kappa shape index (κ1) is 20.4. The third-order valence-corrected chi connectivity index (χ3v) is 6.11. The minimum atomic E-state index is -0.237. The van der Waals surface area contributed by atoms with Gasteiger partial charge in [-0.3, -0.25) is 4.79 Å². The Morgan fingerprint density at radius 3 is 2.80 bits per heavy atom. The van der Waals surface area contributed by atoms with Crippen molar-refractivity contribution in [3.63, 3.8) is 0 Å². The summed E-state index contributed by atoms with van der Waals surface area (Å²) in [5.74, 6) is -0.283. The van der Waals surface area contributed by atoms with Crippen LogP contribution in [0.1, 0.15) is 39.9 Å². The molecule has 1 saturated heterocycles. The maximum Gasteiger partial charge on any atom is 0.338 e. The Morgan fingerprint density at radius 2 is 2.03 bits per heavy atom. The average molecular weight is 424 g/mol. The molecule has 0 spiro atoms. The molecule has 0 atom stereocenters. The maximum absolute atomic E-state index is 12.6. The molecule has 30 heavy (non-hydrogen) atoms. The minimum absolute atomic E-state index is 0.0100. The molecule has 2 heterocycles. The van der Waals surface area contributed by atoms with E-state index in [2.05, 4.69) is 16.3 Å². The number of halogens is 1. The summed E-state index contributed by atoms with van der Waals surface area (Å²) in [6.45, 7) is 3.03. The van der Waals surface area contributed by atoms with Gasteiger partial charge in [0.15, 0.2) is 0 Å². The highest BCUT2D eigenvalue weighted by molar-refractivity contribution is 6.31. The lowest BCUT2D eigenvalue weighted by atomic mass is 9.95. The van der Waals surface area contributed by atoms with E-state index >= 15 is 0 Å². The van der Waals surface area contributed by atoms with Crippen LogP contribution in [0.4, 0.5) is 5.69 Å². The van der Waals surface area contributed by atoms with Crippen LogP contribution in [0.3, 0.4) is 0 Å². The van der Waals surface area contributed by atoms with Crippen molar-refractivity contribution < 1.29 is 14.3 Å². The Bertz CT molecular complexity index is 1020. The van der Waals surface area contributed by atoms with E-state index in [4.69, 9.17) is 21.6 Å². The van der Waals surface area contributed by atoms with Crippen LogP contribution in [0.25, 0.3) is 0 Å². The van der Waals surface area contributed by atoms with Crippen molar-refractivity contribution in [1.82, 2.24) is 4.90 Å². The van der Waals surface area contributed by atoms with Gasteiger partial charge in [-0.15, -0.1) is 0 Å². The van der Waals surface area contributed by atoms with Gasteiger partial charge in [0, 0.05) is 23.7 Å². The van der Waals surface area contributed by atoms with Crippen molar-refractivity contribution in [3.05, 3.63) is 63.7 Å². The number of cyclic esters (lactones) is 1. The molecule has 6 nitrogen and oxygen atoms in total. The summed E-state index contributed by atoms with van der Waals surface area (Å²) in [5.41, 5.74) is 3.79. The van der Waals surface area contributed by atoms with E-state index in [0.29, 0.717) is 28.4 Å². The van der Waals surface area contributed by atoms with Gasteiger partial charge in [0.1, 0.15) is 12.7 Å². The summed E-state index contributed by atoms with van der Waals surface area (Å²) in [4.78, 5) is 26.5. The van der Waals surface area contributed by atoms with Crippen LogP contribution in [0, 0.1) is 17.2 Å². The van der Waals surface area contributed by atoms with Gasteiger partial charge in [-0.1, -0.05) is 23.7 Å². The molecule has 0 radical (unpaired) electrons. The summed E-state index contributed by atoms with van der Waals surface area (Å²) in [6.07, 6.45) is 2.51. The molecule has 2 aromatic carbocycles. The number of anilines is 1. The molecule has 154 valence electrons. The molecule has 0 aliphatic carbocycles. The van der Waals surface area contributed by atoms with Crippen molar-refractivity contribution in [3.8, 4) is 6.07 Å². The number of carbonyl (C=O) groups excluding carboxylic acids is 2. The monoisotopic (exact) mass is 423 g/mol. The molecule has 0 bridgehead atoms. The molecule has 7 heteroatoms. The van der Waals surface area contributed by atoms with E-state index in [1.807, 2.05) is 18.2 Å². The molecule has 4 rings (SSSR count). The number of carbonyl (C=O) groups is 2. The number of piperidine rings is 1. The van der Waals surface area contributed by atoms with E-state index in [-0.39, 0.29) is 17.8 Å². The van der Waals surface area contributed by atoms with Gasteiger partial charge < -0.3 is 15.0 Å². The Morgan fingerprint density at radius 1 is 1.23 bits per heavy atom. The lowest BCUT2D eigenvalue weighted by Gasteiger charge is -2.31. The second-order valence-corrected chi connectivity index (χ2v) is 8.14. The van der Waals surface area contributed by atoms with Gasteiger partial charge in [-0.25, -0.2) is 4.79 Å². The number of hydrogen-bond donors (Lipinski definition) is 1. The van der Waals surface area contributed by atoms with E-state index in [1.165, 1.54) is 5.56 Å². The summed E-state index contributed by atoms with van der Waals surface area (Å²) in [5, 5.41) is 12.4. The predicted octanol–water partition coefficient (Wildman–Crippen LogP) is 3.78. The third kappa shape index (κ3) is 4.48. The second-order valence-electron chi connectivity index (χ2n) is 7.73. The molecular formula is C23H22ClN3O3. The van der Waals surface area contributed by atoms with Crippen LogP contribution in [0.15, 0.2) is 36.4 Å². The fraction of sp³-hybridized carbons (Fsp3) is 0.348. The van der Waals surface area contributed by atoms with Crippen molar-refractivity contribution >= 4 is 29.2 Å². The summed E-state index contributed by atoms with van der Waals surface area (Å²) in [6, 6.07) is 12.9. The SMILES string of the molecule is N#Cc1cc(NC(=O)C2CCN(CCc3ccc4c(c3)COC4=O)CC2)ccc1Cl. The number of likely N-dealkylation sites (tertiary alicyclic amines) is 1. The largest absolute Gasteiger partial charge is 0.457 e. The standard InChI is InChI=1S/C23H22ClN3O3/c24-21-4-2-19(12-17(21)13-25)26-22(28)16-6-9-27(10-7-16)8-5-15-1-3-20-18(11-15)14-30-23(20)29/h1-4,11-12,16H,5-10,14H2,(H,26,28). The minimum Gasteiger partial charge on any atom is -0.457 e. The van der Waals surface area contributed by atoms with E-state index in [9.17, 15) is 9.59 Å². The van der Waals surface area contributed by atoms with Crippen LogP contribution in [0.5, 0.6) is 0 Å². The first-order valence-electron chi connectivity index (χ1n) is 10.1. The van der Waals surface area contributed by atoms with Crippen LogP contribution < -0.4 is 5.32 Å². The van der Waals surface area contributed by atoms with Crippen molar-refractivity contribution in [1.29, 1.82) is 5.26 Å². The maximum atomic E-state index is 12.6. The number of rotatable bonds is 5. The number of nitrogens with one attached hydrogen (secondary N) is 1. The van der Waals surface area contributed by atoms with Crippen LogP contribution in [0.2, 0.25) is 5.02 Å². The molecular weight excluding hydrogens is 402 g/mol. The van der Waals surface area contributed by atoms with Gasteiger partial charge in [0.05, 0.1) is 16.1 Å². The Labute approximate surface area is 180 Å². The molecule has 1 amide bonds. The summed E-state index contributed by atoms with van der Waals surface area (Å²) < 4.78 is 5.06. The Hall–Kier alpha value is -2.88. The average Bonchev–Trinajstić information content (AvgIpc) is 3.14. The van der Waals surface area contributed by atoms with Crippen LogP contribution in [-0.4, -0.2) is 36.4 Å². The fourth-order valence-electron chi connectivity index (χ4n) is 3.98. The fourth-order valence-corrected chi connectivity index (χ4v) is 4.14. The number of benzene rings is 2. The topological polar surface area (TPSA) is 82.4 Å². The molecule has 0 aromatic heterocycles. The van der Waals surface area contributed by atoms with E-state index < -0.39 is 0 Å². The first-order chi connectivity index (χ1) is 14.5. The zero-order valence-electron chi connectivity index (χ0n) is 16.5.